The summed E-state index contributed by atoms with van der Waals surface area (Å²) >= 11 is 0. The highest BCUT2D eigenvalue weighted by Crippen LogP contribution is 2.20. The first-order valence-electron chi connectivity index (χ1n) is 5.80. The van der Waals surface area contributed by atoms with Gasteiger partial charge in [-0.15, -0.1) is 0 Å². The number of pyridine rings is 1. The molecular weight excluding hydrogens is 240 g/mol. The van der Waals surface area contributed by atoms with E-state index in [0.717, 1.165) is 5.56 Å². The van der Waals surface area contributed by atoms with Gasteiger partial charge in [-0.3, -0.25) is 4.79 Å². The minimum atomic E-state index is 0.127. The second-order valence-electron chi connectivity index (χ2n) is 4.12. The molecular formula is C15H12N2O2. The average molecular weight is 252 g/mol. The van der Waals surface area contributed by atoms with Gasteiger partial charge in [0.1, 0.15) is 17.6 Å². The minimum absolute atomic E-state index is 0.127. The summed E-state index contributed by atoms with van der Waals surface area (Å²) < 4.78 is 5.53. The zero-order valence-electron chi connectivity index (χ0n) is 10.5. The predicted octanol–water partition coefficient (Wildman–Crippen LogP) is 2.88. The molecule has 0 bridgehead atoms. The fourth-order valence-electron chi connectivity index (χ4n) is 1.59. The van der Waals surface area contributed by atoms with Gasteiger partial charge in [-0.25, -0.2) is 4.98 Å². The summed E-state index contributed by atoms with van der Waals surface area (Å²) in [5.41, 5.74) is 1.44. The van der Waals surface area contributed by atoms with Gasteiger partial charge in [0.2, 0.25) is 5.88 Å². The SMILES string of the molecule is CC(=O)Cc1ccc(Oc2ccc(C#N)cn2)cc1. The quantitative estimate of drug-likeness (QED) is 0.839. The molecule has 4 nitrogen and oxygen atoms in total. The van der Waals surface area contributed by atoms with Crippen molar-refractivity contribution in [1.29, 1.82) is 5.26 Å². The molecule has 2 rings (SSSR count). The third-order valence-corrected chi connectivity index (χ3v) is 2.46. The smallest absolute Gasteiger partial charge is 0.219 e. The van der Waals surface area contributed by atoms with Crippen LogP contribution in [0.5, 0.6) is 11.6 Å². The van der Waals surface area contributed by atoms with E-state index >= 15 is 0 Å². The highest BCUT2D eigenvalue weighted by molar-refractivity contribution is 5.78. The molecule has 94 valence electrons. The van der Waals surface area contributed by atoms with Crippen molar-refractivity contribution in [2.24, 2.45) is 0 Å². The Hall–Kier alpha value is -2.67. The highest BCUT2D eigenvalue weighted by Gasteiger charge is 2.01. The molecule has 2 aromatic rings. The van der Waals surface area contributed by atoms with E-state index in [1.165, 1.54) is 6.20 Å². The van der Waals surface area contributed by atoms with E-state index in [-0.39, 0.29) is 5.78 Å². The summed E-state index contributed by atoms with van der Waals surface area (Å²) in [7, 11) is 0. The first kappa shape index (κ1) is 12.8. The van der Waals surface area contributed by atoms with Crippen molar-refractivity contribution in [3.05, 3.63) is 53.7 Å². The molecule has 1 heterocycles. The molecule has 0 spiro atoms. The third kappa shape index (κ3) is 3.65. The van der Waals surface area contributed by atoms with E-state index in [4.69, 9.17) is 10.00 Å². The van der Waals surface area contributed by atoms with Crippen molar-refractivity contribution in [2.75, 3.05) is 0 Å². The van der Waals surface area contributed by atoms with Crippen LogP contribution in [0.15, 0.2) is 42.6 Å². The molecule has 0 radical (unpaired) electrons. The van der Waals surface area contributed by atoms with Crippen molar-refractivity contribution in [1.82, 2.24) is 4.98 Å². The van der Waals surface area contributed by atoms with E-state index < -0.39 is 0 Å². The zero-order valence-corrected chi connectivity index (χ0v) is 10.5. The summed E-state index contributed by atoms with van der Waals surface area (Å²) in [5, 5.41) is 8.66. The number of benzene rings is 1. The monoisotopic (exact) mass is 252 g/mol. The van der Waals surface area contributed by atoms with Crippen LogP contribution in [0.4, 0.5) is 0 Å². The van der Waals surface area contributed by atoms with Crippen LogP contribution >= 0.6 is 0 Å². The summed E-state index contributed by atoms with van der Waals surface area (Å²) in [4.78, 5) is 15.0. The number of Topliss-reactive ketones (excluding diaryl/α,β-unsaturated/α-hetero) is 1. The van der Waals surface area contributed by atoms with Gasteiger partial charge in [0, 0.05) is 18.7 Å². The lowest BCUT2D eigenvalue weighted by Gasteiger charge is -2.05. The van der Waals surface area contributed by atoms with Crippen LogP contribution in [0.25, 0.3) is 0 Å². The molecule has 0 amide bonds. The fraction of sp³-hybridized carbons (Fsp3) is 0.133. The molecule has 0 N–H and O–H groups in total. The van der Waals surface area contributed by atoms with Crippen LogP contribution in [0.3, 0.4) is 0 Å². The number of ketones is 1. The standard InChI is InChI=1S/C15H12N2O2/c1-11(18)8-12-2-5-14(6-3-12)19-15-7-4-13(9-16)10-17-15/h2-7,10H,8H2,1H3. The molecule has 4 heteroatoms. The first-order chi connectivity index (χ1) is 9.17. The van der Waals surface area contributed by atoms with Gasteiger partial charge in [0.05, 0.1) is 5.56 Å². The van der Waals surface area contributed by atoms with Gasteiger partial charge < -0.3 is 4.74 Å². The van der Waals surface area contributed by atoms with Crippen LogP contribution < -0.4 is 4.74 Å². The zero-order chi connectivity index (χ0) is 13.7. The van der Waals surface area contributed by atoms with Gasteiger partial charge in [-0.1, -0.05) is 12.1 Å². The van der Waals surface area contributed by atoms with Gasteiger partial charge in [-0.2, -0.15) is 5.26 Å². The maximum atomic E-state index is 11.0. The minimum Gasteiger partial charge on any atom is -0.439 e. The first-order valence-corrected chi connectivity index (χ1v) is 5.80. The molecule has 19 heavy (non-hydrogen) atoms. The highest BCUT2D eigenvalue weighted by atomic mass is 16.5. The molecule has 0 aliphatic heterocycles. The third-order valence-electron chi connectivity index (χ3n) is 2.46. The summed E-state index contributed by atoms with van der Waals surface area (Å²) in [6, 6.07) is 12.6. The molecule has 0 atom stereocenters. The van der Waals surface area contributed by atoms with E-state index in [0.29, 0.717) is 23.6 Å². The summed E-state index contributed by atoms with van der Waals surface area (Å²) in [6.07, 6.45) is 1.88. The van der Waals surface area contributed by atoms with Crippen molar-refractivity contribution in [2.45, 2.75) is 13.3 Å². The van der Waals surface area contributed by atoms with Crippen LogP contribution in [0.1, 0.15) is 18.1 Å². The Labute approximate surface area is 111 Å². The molecule has 1 aromatic heterocycles. The van der Waals surface area contributed by atoms with E-state index in [1.807, 2.05) is 18.2 Å². The number of hydrogen-bond acceptors (Lipinski definition) is 4. The van der Waals surface area contributed by atoms with Crippen molar-refractivity contribution in [3.8, 4) is 17.7 Å². The molecule has 0 aliphatic rings. The van der Waals surface area contributed by atoms with Gasteiger partial charge >= 0.3 is 0 Å². The van der Waals surface area contributed by atoms with Gasteiger partial charge in [0.25, 0.3) is 0 Å². The van der Waals surface area contributed by atoms with Crippen molar-refractivity contribution in [3.63, 3.8) is 0 Å². The van der Waals surface area contributed by atoms with Crippen molar-refractivity contribution >= 4 is 5.78 Å². The largest absolute Gasteiger partial charge is 0.439 e. The Balaban J connectivity index is 2.06. The Morgan fingerprint density at radius 2 is 2.00 bits per heavy atom. The van der Waals surface area contributed by atoms with Gasteiger partial charge in [-0.05, 0) is 30.7 Å². The van der Waals surface area contributed by atoms with Gasteiger partial charge in [0.15, 0.2) is 0 Å². The number of aromatic nitrogens is 1. The van der Waals surface area contributed by atoms with Crippen LogP contribution in [-0.4, -0.2) is 10.8 Å². The second kappa shape index (κ2) is 5.78. The maximum Gasteiger partial charge on any atom is 0.219 e. The summed E-state index contributed by atoms with van der Waals surface area (Å²) in [6.45, 7) is 1.56. The normalized spacial score (nSPS) is 9.68. The van der Waals surface area contributed by atoms with Crippen LogP contribution in [0.2, 0.25) is 0 Å². The second-order valence-corrected chi connectivity index (χ2v) is 4.12. The Morgan fingerprint density at radius 1 is 1.26 bits per heavy atom. The maximum absolute atomic E-state index is 11.0. The molecule has 0 fully saturated rings. The molecule has 0 saturated heterocycles. The molecule has 0 aliphatic carbocycles. The Morgan fingerprint density at radius 3 is 2.53 bits per heavy atom. The number of carbonyl (C=O) groups is 1. The average Bonchev–Trinajstić information content (AvgIpc) is 2.41. The summed E-state index contributed by atoms with van der Waals surface area (Å²) in [5.74, 6) is 1.20. The van der Waals surface area contributed by atoms with E-state index in [1.54, 1.807) is 31.2 Å². The fourth-order valence-corrected chi connectivity index (χ4v) is 1.59. The number of hydrogen-bond donors (Lipinski definition) is 0. The number of rotatable bonds is 4. The lowest BCUT2D eigenvalue weighted by atomic mass is 10.1. The number of ether oxygens (including phenoxy) is 1. The van der Waals surface area contributed by atoms with E-state index in [9.17, 15) is 4.79 Å². The Bertz CT molecular complexity index is 610. The van der Waals surface area contributed by atoms with Crippen molar-refractivity contribution < 1.29 is 9.53 Å². The number of nitriles is 1. The molecule has 0 unspecified atom stereocenters. The Kier molecular flexibility index (Phi) is 3.89. The lowest BCUT2D eigenvalue weighted by molar-refractivity contribution is -0.116. The number of carbonyl (C=O) groups excluding carboxylic acids is 1. The molecule has 1 aromatic carbocycles. The number of nitrogens with zero attached hydrogens (tertiary/aromatic N) is 2. The topological polar surface area (TPSA) is 63.0 Å². The van der Waals surface area contributed by atoms with Crippen LogP contribution in [-0.2, 0) is 11.2 Å². The van der Waals surface area contributed by atoms with E-state index in [2.05, 4.69) is 4.98 Å². The van der Waals surface area contributed by atoms with Crippen LogP contribution in [0, 0.1) is 11.3 Å². The lowest BCUT2D eigenvalue weighted by Crippen LogP contribution is -1.96. The predicted molar refractivity (Wildman–Crippen MR) is 69.9 cm³/mol. The molecule has 0 saturated carbocycles.